The Morgan fingerprint density at radius 1 is 1.13 bits per heavy atom. The Bertz CT molecular complexity index is 641. The van der Waals surface area contributed by atoms with Crippen LogP contribution in [0.15, 0.2) is 24.3 Å². The zero-order chi connectivity index (χ0) is 16.7. The highest BCUT2D eigenvalue weighted by Crippen LogP contribution is 2.64. The summed E-state index contributed by atoms with van der Waals surface area (Å²) in [6, 6.07) is 7.09. The summed E-state index contributed by atoms with van der Waals surface area (Å²) < 4.78 is -1.02. The summed E-state index contributed by atoms with van der Waals surface area (Å²) in [7, 11) is 0. The minimum Gasteiger partial charge on any atom is -0.339 e. The lowest BCUT2D eigenvalue weighted by molar-refractivity contribution is -0.120. The quantitative estimate of drug-likeness (QED) is 0.838. The van der Waals surface area contributed by atoms with Gasteiger partial charge in [-0.1, -0.05) is 12.1 Å². The molecule has 2 amide bonds. The number of nitrogens with one attached hydrogen (secondary N) is 1. The second kappa shape index (κ2) is 5.99. The van der Waals surface area contributed by atoms with Crippen LogP contribution in [-0.4, -0.2) is 34.1 Å². The van der Waals surface area contributed by atoms with Gasteiger partial charge in [0, 0.05) is 13.1 Å². The number of likely N-dealkylation sites (tertiary alicyclic amines) is 1. The third kappa shape index (κ3) is 3.07. The van der Waals surface area contributed by atoms with Crippen molar-refractivity contribution in [1.82, 2.24) is 4.90 Å². The first-order valence-electron chi connectivity index (χ1n) is 7.93. The molecule has 1 saturated heterocycles. The van der Waals surface area contributed by atoms with E-state index in [1.54, 1.807) is 31.2 Å². The molecule has 2 aliphatic rings. The molecule has 1 saturated carbocycles. The van der Waals surface area contributed by atoms with Crippen molar-refractivity contribution in [3.63, 3.8) is 0 Å². The first-order valence-corrected chi connectivity index (χ1v) is 8.68. The standard InChI is InChI=1S/C17H20Cl2N2O2/c1-16(11-17(16,18)19)15(23)20-13-8-4-3-7-12(13)14(22)21-9-5-2-6-10-21/h3-4,7-8H,2,5-6,9-11H2,1H3,(H,20,23). The fourth-order valence-electron chi connectivity index (χ4n) is 2.95. The molecule has 1 heterocycles. The van der Waals surface area contributed by atoms with Gasteiger partial charge in [-0.3, -0.25) is 9.59 Å². The predicted octanol–water partition coefficient (Wildman–Crippen LogP) is 3.84. The lowest BCUT2D eigenvalue weighted by Gasteiger charge is -2.27. The van der Waals surface area contributed by atoms with E-state index in [-0.39, 0.29) is 11.8 Å². The second-order valence-electron chi connectivity index (χ2n) is 6.57. The van der Waals surface area contributed by atoms with Gasteiger partial charge in [-0.2, -0.15) is 0 Å². The Morgan fingerprint density at radius 3 is 2.35 bits per heavy atom. The van der Waals surface area contributed by atoms with Crippen LogP contribution in [0.1, 0.15) is 43.0 Å². The number of alkyl halides is 2. The molecule has 0 aromatic heterocycles. The molecular weight excluding hydrogens is 335 g/mol. The average molecular weight is 355 g/mol. The van der Waals surface area contributed by atoms with Gasteiger partial charge in [0.15, 0.2) is 0 Å². The van der Waals surface area contributed by atoms with Crippen LogP contribution in [0.4, 0.5) is 5.69 Å². The van der Waals surface area contributed by atoms with Crippen LogP contribution in [0.2, 0.25) is 0 Å². The Balaban J connectivity index is 1.78. The summed E-state index contributed by atoms with van der Waals surface area (Å²) in [5.74, 6) is -0.286. The number of benzene rings is 1. The van der Waals surface area contributed by atoms with Crippen molar-refractivity contribution >= 4 is 40.7 Å². The van der Waals surface area contributed by atoms with Crippen molar-refractivity contribution in [2.45, 2.75) is 36.9 Å². The Morgan fingerprint density at radius 2 is 1.74 bits per heavy atom. The van der Waals surface area contributed by atoms with Crippen LogP contribution in [0.5, 0.6) is 0 Å². The topological polar surface area (TPSA) is 49.4 Å². The summed E-state index contributed by atoms with van der Waals surface area (Å²) in [6.45, 7) is 3.27. The van der Waals surface area contributed by atoms with E-state index in [2.05, 4.69) is 5.32 Å². The van der Waals surface area contributed by atoms with Crippen LogP contribution in [0, 0.1) is 5.41 Å². The number of para-hydroxylation sites is 1. The number of amides is 2. The van der Waals surface area contributed by atoms with Crippen molar-refractivity contribution in [3.8, 4) is 0 Å². The van der Waals surface area contributed by atoms with Crippen LogP contribution in [0.25, 0.3) is 0 Å². The largest absolute Gasteiger partial charge is 0.339 e. The molecule has 0 spiro atoms. The molecule has 1 aromatic rings. The lowest BCUT2D eigenvalue weighted by Crippen LogP contribution is -2.36. The minimum atomic E-state index is -1.02. The molecule has 2 fully saturated rings. The third-order valence-corrected chi connectivity index (χ3v) is 5.91. The van der Waals surface area contributed by atoms with Gasteiger partial charge in [0.1, 0.15) is 4.33 Å². The summed E-state index contributed by atoms with van der Waals surface area (Å²) in [4.78, 5) is 27.0. The SMILES string of the molecule is CC1(C(=O)Nc2ccccc2C(=O)N2CCCCC2)CC1(Cl)Cl. The monoisotopic (exact) mass is 354 g/mol. The summed E-state index contributed by atoms with van der Waals surface area (Å²) >= 11 is 12.1. The van der Waals surface area contributed by atoms with Crippen molar-refractivity contribution < 1.29 is 9.59 Å². The van der Waals surface area contributed by atoms with E-state index in [1.165, 1.54) is 0 Å². The normalized spacial score (nSPS) is 25.8. The van der Waals surface area contributed by atoms with Gasteiger partial charge in [0.05, 0.1) is 16.7 Å². The maximum atomic E-state index is 12.7. The molecule has 6 heteroatoms. The Labute approximate surface area is 146 Å². The summed E-state index contributed by atoms with van der Waals surface area (Å²) in [6.07, 6.45) is 3.63. The number of halogens is 2. The first-order chi connectivity index (χ1) is 10.8. The van der Waals surface area contributed by atoms with Crippen LogP contribution in [0.3, 0.4) is 0 Å². The first kappa shape index (κ1) is 16.6. The molecule has 3 rings (SSSR count). The van der Waals surface area contributed by atoms with E-state index in [4.69, 9.17) is 23.2 Å². The Kier molecular flexibility index (Phi) is 4.32. The van der Waals surface area contributed by atoms with Crippen molar-refractivity contribution in [1.29, 1.82) is 0 Å². The van der Waals surface area contributed by atoms with Crippen LogP contribution >= 0.6 is 23.2 Å². The Hall–Kier alpha value is -1.26. The lowest BCUT2D eigenvalue weighted by atomic mass is 10.1. The zero-order valence-electron chi connectivity index (χ0n) is 13.1. The highest BCUT2D eigenvalue weighted by atomic mass is 35.5. The third-order valence-electron chi connectivity index (χ3n) is 4.81. The highest BCUT2D eigenvalue weighted by molar-refractivity contribution is 6.53. The van der Waals surface area contributed by atoms with Gasteiger partial charge in [0.2, 0.25) is 5.91 Å². The maximum absolute atomic E-state index is 12.7. The van der Waals surface area contributed by atoms with E-state index in [9.17, 15) is 9.59 Å². The minimum absolute atomic E-state index is 0.0374. The van der Waals surface area contributed by atoms with E-state index in [0.717, 1.165) is 32.4 Å². The molecule has 1 unspecified atom stereocenters. The molecule has 1 N–H and O–H groups in total. The predicted molar refractivity (Wildman–Crippen MR) is 92.0 cm³/mol. The fraction of sp³-hybridized carbons (Fsp3) is 0.529. The van der Waals surface area contributed by atoms with Gasteiger partial charge in [-0.25, -0.2) is 0 Å². The van der Waals surface area contributed by atoms with Crippen molar-refractivity contribution in [2.24, 2.45) is 5.41 Å². The summed E-state index contributed by atoms with van der Waals surface area (Å²) in [5.41, 5.74) is 0.226. The molecule has 1 aliphatic heterocycles. The van der Waals surface area contributed by atoms with Gasteiger partial charge < -0.3 is 10.2 Å². The second-order valence-corrected chi connectivity index (χ2v) is 8.05. The summed E-state index contributed by atoms with van der Waals surface area (Å²) in [5, 5.41) is 2.83. The molecule has 4 nitrogen and oxygen atoms in total. The van der Waals surface area contributed by atoms with Gasteiger partial charge in [0.25, 0.3) is 5.91 Å². The van der Waals surface area contributed by atoms with Crippen LogP contribution in [-0.2, 0) is 4.79 Å². The molecule has 0 radical (unpaired) electrons. The number of piperidine rings is 1. The number of nitrogens with zero attached hydrogens (tertiary/aromatic N) is 1. The number of carbonyl (C=O) groups is 2. The molecular formula is C17H20Cl2N2O2. The number of carbonyl (C=O) groups excluding carboxylic acids is 2. The number of rotatable bonds is 3. The zero-order valence-corrected chi connectivity index (χ0v) is 14.6. The molecule has 1 atom stereocenters. The van der Waals surface area contributed by atoms with Gasteiger partial charge in [-0.15, -0.1) is 23.2 Å². The van der Waals surface area contributed by atoms with Crippen LogP contribution < -0.4 is 5.32 Å². The fourth-order valence-corrected chi connectivity index (χ4v) is 3.66. The average Bonchev–Trinajstić information content (AvgIpc) is 3.08. The number of hydrogen-bond donors (Lipinski definition) is 1. The maximum Gasteiger partial charge on any atom is 0.255 e. The van der Waals surface area contributed by atoms with E-state index in [1.807, 2.05) is 4.90 Å². The van der Waals surface area contributed by atoms with E-state index >= 15 is 0 Å². The van der Waals surface area contributed by atoms with Crippen molar-refractivity contribution in [2.75, 3.05) is 18.4 Å². The van der Waals surface area contributed by atoms with E-state index < -0.39 is 9.75 Å². The smallest absolute Gasteiger partial charge is 0.255 e. The number of hydrogen-bond acceptors (Lipinski definition) is 2. The molecule has 1 aromatic carbocycles. The highest BCUT2D eigenvalue weighted by Gasteiger charge is 2.67. The molecule has 0 bridgehead atoms. The van der Waals surface area contributed by atoms with Crippen molar-refractivity contribution in [3.05, 3.63) is 29.8 Å². The molecule has 1 aliphatic carbocycles. The van der Waals surface area contributed by atoms with Gasteiger partial charge >= 0.3 is 0 Å². The molecule has 23 heavy (non-hydrogen) atoms. The van der Waals surface area contributed by atoms with E-state index in [0.29, 0.717) is 17.7 Å². The molecule has 124 valence electrons. The van der Waals surface area contributed by atoms with Gasteiger partial charge in [-0.05, 0) is 44.7 Å². The number of anilines is 1.